The zero-order valence-electron chi connectivity index (χ0n) is 46.4. The molecule has 0 aromatic carbocycles. The van der Waals surface area contributed by atoms with Gasteiger partial charge in [-0.25, -0.2) is 0 Å². The zero-order valence-corrected chi connectivity index (χ0v) is 46.4. The Hall–Kier alpha value is -1.40. The molecule has 1 saturated heterocycles. The fourth-order valence-corrected chi connectivity index (χ4v) is 10.5. The van der Waals surface area contributed by atoms with Crippen LogP contribution in [0, 0.1) is 11.3 Å². The average molecular weight is 974 g/mol. The van der Waals surface area contributed by atoms with Gasteiger partial charge >= 0.3 is 11.9 Å². The molecule has 0 aromatic rings. The summed E-state index contributed by atoms with van der Waals surface area (Å²) in [5, 5.41) is 19.2. The lowest BCUT2D eigenvalue weighted by Gasteiger charge is -2.27. The van der Waals surface area contributed by atoms with Crippen LogP contribution in [0.1, 0.15) is 341 Å². The summed E-state index contributed by atoms with van der Waals surface area (Å²) in [6, 6.07) is 0. The van der Waals surface area contributed by atoms with E-state index in [0.717, 1.165) is 19.3 Å². The van der Waals surface area contributed by atoms with Gasteiger partial charge in [-0.2, -0.15) is 0 Å². The Labute approximate surface area is 430 Å². The fraction of sp³-hybridized carbons (Fsp3) is 0.937. The van der Waals surface area contributed by atoms with Crippen molar-refractivity contribution in [2.75, 3.05) is 26.4 Å². The molecule has 6 nitrogen and oxygen atoms in total. The summed E-state index contributed by atoms with van der Waals surface area (Å²) in [6.45, 7) is 1.03. The van der Waals surface area contributed by atoms with Crippen LogP contribution >= 0.6 is 0 Å². The van der Waals surface area contributed by atoms with Gasteiger partial charge < -0.3 is 19.7 Å². The number of esters is 2. The summed E-state index contributed by atoms with van der Waals surface area (Å²) in [5.74, 6) is -1.40. The monoisotopic (exact) mass is 973 g/mol. The molecule has 0 aliphatic carbocycles. The number of carbonyl (C=O) groups excluding carboxylic acids is 2. The number of allylic oxidation sites excluding steroid dienone is 2. The Bertz CT molecular complexity index is 1090. The highest BCUT2D eigenvalue weighted by Crippen LogP contribution is 2.25. The molecule has 1 unspecified atom stereocenters. The molecular formula is C63H120O6. The fourth-order valence-electron chi connectivity index (χ4n) is 10.5. The van der Waals surface area contributed by atoms with E-state index in [9.17, 15) is 19.8 Å². The maximum absolute atomic E-state index is 12.5. The van der Waals surface area contributed by atoms with Crippen molar-refractivity contribution >= 4 is 11.9 Å². The molecule has 0 radical (unpaired) electrons. The molecule has 1 heterocycles. The van der Waals surface area contributed by atoms with E-state index in [1.165, 1.54) is 302 Å². The van der Waals surface area contributed by atoms with Crippen LogP contribution in [0.25, 0.3) is 0 Å². The lowest BCUT2D eigenvalue weighted by Crippen LogP contribution is -2.40. The summed E-state index contributed by atoms with van der Waals surface area (Å²) in [6.07, 6.45) is 75.8. The minimum Gasteiger partial charge on any atom is -0.465 e. The number of carbonyl (C=O) groups is 2. The van der Waals surface area contributed by atoms with Crippen LogP contribution in [0.5, 0.6) is 0 Å². The number of ether oxygens (including phenoxy) is 2. The highest BCUT2D eigenvalue weighted by molar-refractivity contribution is 5.80. The summed E-state index contributed by atoms with van der Waals surface area (Å²) < 4.78 is 10.6. The highest BCUT2D eigenvalue weighted by atomic mass is 16.6. The van der Waals surface area contributed by atoms with E-state index in [2.05, 4.69) is 19.1 Å². The van der Waals surface area contributed by atoms with E-state index in [-0.39, 0.29) is 19.6 Å². The largest absolute Gasteiger partial charge is 0.465 e. The van der Waals surface area contributed by atoms with E-state index in [1.54, 1.807) is 0 Å². The highest BCUT2D eigenvalue weighted by Gasteiger charge is 2.36. The molecule has 0 spiro atoms. The molecule has 1 fully saturated rings. The van der Waals surface area contributed by atoms with E-state index in [1.807, 2.05) is 0 Å². The minimum absolute atomic E-state index is 0.00523. The van der Waals surface area contributed by atoms with Crippen LogP contribution in [0.3, 0.4) is 0 Å². The summed E-state index contributed by atoms with van der Waals surface area (Å²) >= 11 is 0. The lowest BCUT2D eigenvalue weighted by atomic mass is 9.92. The van der Waals surface area contributed by atoms with Gasteiger partial charge in [-0.1, -0.05) is 320 Å². The zero-order chi connectivity index (χ0) is 49.7. The van der Waals surface area contributed by atoms with Gasteiger partial charge in [0, 0.05) is 0 Å². The van der Waals surface area contributed by atoms with Crippen molar-refractivity contribution < 1.29 is 29.3 Å². The summed E-state index contributed by atoms with van der Waals surface area (Å²) in [7, 11) is 0. The molecule has 6 heteroatoms. The number of rotatable bonds is 54. The van der Waals surface area contributed by atoms with E-state index in [0.29, 0.717) is 6.42 Å². The van der Waals surface area contributed by atoms with Crippen LogP contribution in [0.15, 0.2) is 12.2 Å². The van der Waals surface area contributed by atoms with Gasteiger partial charge in [0.15, 0.2) is 0 Å². The van der Waals surface area contributed by atoms with Crippen molar-refractivity contribution in [1.82, 2.24) is 0 Å². The van der Waals surface area contributed by atoms with Crippen molar-refractivity contribution in [3.63, 3.8) is 0 Å². The molecule has 0 amide bonds. The average Bonchev–Trinajstić information content (AvgIpc) is 3.41. The third-order valence-corrected chi connectivity index (χ3v) is 15.6. The molecule has 69 heavy (non-hydrogen) atoms. The third kappa shape index (κ3) is 45.0. The van der Waals surface area contributed by atoms with Crippen LogP contribution in [0.4, 0.5) is 0 Å². The second-order valence-corrected chi connectivity index (χ2v) is 22.5. The predicted molar refractivity (Wildman–Crippen MR) is 297 cm³/mol. The quantitative estimate of drug-likeness (QED) is 0.0358. The number of hydrogen-bond acceptors (Lipinski definition) is 6. The van der Waals surface area contributed by atoms with Gasteiger partial charge in [0.05, 0.1) is 31.0 Å². The topological polar surface area (TPSA) is 93.1 Å². The maximum atomic E-state index is 12.5. The molecule has 1 aliphatic rings. The van der Waals surface area contributed by atoms with Gasteiger partial charge in [0.1, 0.15) is 13.2 Å². The Morgan fingerprint density at radius 2 is 0.609 bits per heavy atom. The van der Waals surface area contributed by atoms with Crippen LogP contribution in [-0.4, -0.2) is 48.6 Å². The van der Waals surface area contributed by atoms with Crippen LogP contribution in [-0.2, 0) is 19.1 Å². The Kier molecular flexibility index (Phi) is 50.3. The van der Waals surface area contributed by atoms with Gasteiger partial charge in [-0.05, 0) is 26.2 Å². The first-order valence-electron chi connectivity index (χ1n) is 31.2. The number of cyclic esters (lactones) is 2. The van der Waals surface area contributed by atoms with Gasteiger partial charge in [0.2, 0.25) is 0 Å². The first-order chi connectivity index (χ1) is 34.1. The van der Waals surface area contributed by atoms with Crippen molar-refractivity contribution in [3.05, 3.63) is 12.2 Å². The predicted octanol–water partition coefficient (Wildman–Crippen LogP) is 19.5. The molecule has 1 atom stereocenters. The van der Waals surface area contributed by atoms with Crippen molar-refractivity contribution in [2.24, 2.45) is 11.3 Å². The molecule has 1 rings (SSSR count). The molecular weight excluding hydrogens is 853 g/mol. The van der Waals surface area contributed by atoms with Crippen LogP contribution in [0.2, 0.25) is 0 Å². The van der Waals surface area contributed by atoms with Crippen LogP contribution < -0.4 is 0 Å². The smallest absolute Gasteiger partial charge is 0.309 e. The first kappa shape index (κ1) is 65.6. The van der Waals surface area contributed by atoms with E-state index >= 15 is 0 Å². The third-order valence-electron chi connectivity index (χ3n) is 15.6. The molecule has 0 bridgehead atoms. The summed E-state index contributed by atoms with van der Waals surface area (Å²) in [5.41, 5.74) is -1.12. The normalized spacial score (nSPS) is 15.4. The maximum Gasteiger partial charge on any atom is 0.309 e. The van der Waals surface area contributed by atoms with Crippen molar-refractivity contribution in [3.8, 4) is 0 Å². The summed E-state index contributed by atoms with van der Waals surface area (Å²) in [4.78, 5) is 24.7. The van der Waals surface area contributed by atoms with Crippen molar-refractivity contribution in [2.45, 2.75) is 341 Å². The SMILES string of the molecule is C/C=C/CCCCCCCCCCCCCCCCCCCCCCCCCCCCCCCCCCCCCCCCCCCCCCCCCCCC1CC(=O)OCC(CO)(CO)COC1=O. The number of hydrogen-bond donors (Lipinski definition) is 2. The Morgan fingerprint density at radius 1 is 0.377 bits per heavy atom. The standard InChI is InChI=1S/C63H120O6/c1-2-3-4-5-6-7-8-9-10-11-12-13-14-15-16-17-18-19-20-21-22-23-24-25-26-27-28-29-30-31-32-33-34-35-36-37-38-39-40-41-42-43-44-45-46-47-48-49-50-51-52-53-54-60-55-61(66)68-58-63(56-64,57-65)59-69-62(60)67/h2-3,60,64-65H,4-59H2,1H3/b3-2+. The molecule has 0 saturated carbocycles. The number of aliphatic hydroxyl groups is 2. The van der Waals surface area contributed by atoms with E-state index < -0.39 is 36.5 Å². The number of unbranched alkanes of at least 4 members (excludes halogenated alkanes) is 49. The second kappa shape index (κ2) is 52.9. The van der Waals surface area contributed by atoms with Crippen molar-refractivity contribution in [1.29, 1.82) is 0 Å². The van der Waals surface area contributed by atoms with Gasteiger partial charge in [0.25, 0.3) is 0 Å². The van der Waals surface area contributed by atoms with Gasteiger partial charge in [-0.3, -0.25) is 9.59 Å². The molecule has 1 aliphatic heterocycles. The number of aliphatic hydroxyl groups excluding tert-OH is 2. The van der Waals surface area contributed by atoms with Gasteiger partial charge in [-0.15, -0.1) is 0 Å². The minimum atomic E-state index is -1.12. The second-order valence-electron chi connectivity index (χ2n) is 22.5. The Balaban J connectivity index is 1.67. The first-order valence-corrected chi connectivity index (χ1v) is 31.2. The lowest BCUT2D eigenvalue weighted by molar-refractivity contribution is -0.155. The van der Waals surface area contributed by atoms with E-state index in [4.69, 9.17) is 9.47 Å². The molecule has 408 valence electrons. The Morgan fingerprint density at radius 3 is 0.855 bits per heavy atom. The molecule has 0 aromatic heterocycles. The molecule has 2 N–H and O–H groups in total.